The number of rotatable bonds is 6. The first-order chi connectivity index (χ1) is 14.8. The number of amides is 2. The molecule has 2 heterocycles. The van der Waals surface area contributed by atoms with Crippen LogP contribution in [0.2, 0.25) is 0 Å². The molecule has 1 saturated carbocycles. The minimum absolute atomic E-state index is 0.0449. The van der Waals surface area contributed by atoms with Gasteiger partial charge in [-0.3, -0.25) is 9.59 Å². The molecule has 0 spiro atoms. The lowest BCUT2D eigenvalue weighted by atomic mass is 10.1. The normalized spacial score (nSPS) is 18.5. The van der Waals surface area contributed by atoms with Crippen LogP contribution < -0.4 is 10.1 Å². The van der Waals surface area contributed by atoms with E-state index in [1.165, 1.54) is 24.3 Å². The van der Waals surface area contributed by atoms with E-state index < -0.39 is 18.1 Å². The van der Waals surface area contributed by atoms with E-state index in [1.54, 1.807) is 12.1 Å². The third kappa shape index (κ3) is 5.21. The summed E-state index contributed by atoms with van der Waals surface area (Å²) in [6.07, 6.45) is -0.198. The second-order valence-electron chi connectivity index (χ2n) is 7.90. The Morgan fingerprint density at radius 3 is 2.29 bits per heavy atom. The largest absolute Gasteiger partial charge is 0.490 e. The lowest BCUT2D eigenvalue weighted by Gasteiger charge is -2.32. The summed E-state index contributed by atoms with van der Waals surface area (Å²) in [5.41, 5.74) is 0.0815. The van der Waals surface area contributed by atoms with Crippen molar-refractivity contribution in [2.24, 2.45) is 5.92 Å². The first-order valence-corrected chi connectivity index (χ1v) is 10.3. The Bertz CT molecular complexity index is 900. The zero-order valence-electron chi connectivity index (χ0n) is 16.7. The number of likely N-dealkylation sites (tertiary alicyclic amines) is 1. The van der Waals surface area contributed by atoms with Crippen LogP contribution in [0.4, 0.5) is 13.2 Å². The Morgan fingerprint density at radius 1 is 1.06 bits per heavy atom. The molecule has 2 aromatic rings. The molecule has 2 amide bonds. The average Bonchev–Trinajstić information content (AvgIpc) is 3.46. The van der Waals surface area contributed by atoms with E-state index in [2.05, 4.69) is 0 Å². The SMILES string of the molecule is O=C(N[C@@H](c1ccco1)C(F)(F)F)c1ccc(OC2CCN(C(=O)C3CC3)CC2)cc1. The van der Waals surface area contributed by atoms with Gasteiger partial charge in [-0.1, -0.05) is 0 Å². The lowest BCUT2D eigenvalue weighted by Crippen LogP contribution is -2.42. The van der Waals surface area contributed by atoms with Crippen LogP contribution in [0.1, 0.15) is 47.8 Å². The number of hydrogen-bond acceptors (Lipinski definition) is 4. The number of furan rings is 1. The summed E-state index contributed by atoms with van der Waals surface area (Å²) in [7, 11) is 0. The molecule has 1 atom stereocenters. The highest BCUT2D eigenvalue weighted by Crippen LogP contribution is 2.34. The molecule has 1 aromatic carbocycles. The van der Waals surface area contributed by atoms with E-state index in [4.69, 9.17) is 9.15 Å². The second-order valence-corrected chi connectivity index (χ2v) is 7.90. The van der Waals surface area contributed by atoms with Crippen molar-refractivity contribution < 1.29 is 31.9 Å². The summed E-state index contributed by atoms with van der Waals surface area (Å²) in [5.74, 6) is -0.271. The third-order valence-corrected chi connectivity index (χ3v) is 5.53. The first-order valence-electron chi connectivity index (χ1n) is 10.3. The molecular formula is C22H23F3N2O4. The molecule has 2 fully saturated rings. The van der Waals surface area contributed by atoms with Gasteiger partial charge in [-0.25, -0.2) is 0 Å². The van der Waals surface area contributed by atoms with Crippen molar-refractivity contribution in [3.05, 3.63) is 54.0 Å². The maximum atomic E-state index is 13.3. The second kappa shape index (κ2) is 8.64. The van der Waals surface area contributed by atoms with Gasteiger partial charge in [-0.15, -0.1) is 0 Å². The van der Waals surface area contributed by atoms with E-state index >= 15 is 0 Å². The summed E-state index contributed by atoms with van der Waals surface area (Å²) in [6.45, 7) is 1.32. The molecule has 31 heavy (non-hydrogen) atoms. The van der Waals surface area contributed by atoms with Crippen LogP contribution in [0.25, 0.3) is 0 Å². The number of halogens is 3. The first kappa shape index (κ1) is 21.3. The Labute approximate surface area is 177 Å². The number of carbonyl (C=O) groups excluding carboxylic acids is 2. The Hall–Kier alpha value is -2.97. The average molecular weight is 436 g/mol. The highest BCUT2D eigenvalue weighted by Gasteiger charge is 2.44. The minimum Gasteiger partial charge on any atom is -0.490 e. The van der Waals surface area contributed by atoms with Gasteiger partial charge in [-0.2, -0.15) is 13.2 Å². The van der Waals surface area contributed by atoms with Gasteiger partial charge in [0, 0.05) is 37.4 Å². The highest BCUT2D eigenvalue weighted by molar-refractivity contribution is 5.94. The fourth-order valence-electron chi connectivity index (χ4n) is 3.64. The van der Waals surface area contributed by atoms with Crippen LogP contribution >= 0.6 is 0 Å². The van der Waals surface area contributed by atoms with Gasteiger partial charge in [0.25, 0.3) is 5.91 Å². The number of alkyl halides is 3. The number of carbonyl (C=O) groups is 2. The van der Waals surface area contributed by atoms with E-state index in [1.807, 2.05) is 10.2 Å². The van der Waals surface area contributed by atoms with Crippen molar-refractivity contribution in [3.8, 4) is 5.75 Å². The van der Waals surface area contributed by atoms with Crippen LogP contribution in [0, 0.1) is 5.92 Å². The molecular weight excluding hydrogens is 413 g/mol. The van der Waals surface area contributed by atoms with Crippen molar-refractivity contribution in [2.45, 2.75) is 44.0 Å². The van der Waals surface area contributed by atoms with Crippen LogP contribution in [0.15, 0.2) is 47.1 Å². The summed E-state index contributed by atoms with van der Waals surface area (Å²) in [5, 5.41) is 1.97. The number of nitrogens with one attached hydrogen (secondary N) is 1. The van der Waals surface area contributed by atoms with E-state index in [-0.39, 0.29) is 29.3 Å². The molecule has 1 saturated heterocycles. The van der Waals surface area contributed by atoms with Gasteiger partial charge in [0.05, 0.1) is 6.26 Å². The van der Waals surface area contributed by atoms with E-state index in [9.17, 15) is 22.8 Å². The van der Waals surface area contributed by atoms with Gasteiger partial charge in [0.1, 0.15) is 17.6 Å². The molecule has 0 unspecified atom stereocenters. The zero-order chi connectivity index (χ0) is 22.0. The maximum absolute atomic E-state index is 13.3. The fourth-order valence-corrected chi connectivity index (χ4v) is 3.64. The Kier molecular flexibility index (Phi) is 5.93. The van der Waals surface area contributed by atoms with Crippen molar-refractivity contribution in [2.75, 3.05) is 13.1 Å². The Morgan fingerprint density at radius 2 is 1.74 bits per heavy atom. The van der Waals surface area contributed by atoms with Crippen molar-refractivity contribution in [3.63, 3.8) is 0 Å². The smallest absolute Gasteiger partial charge is 0.415 e. The van der Waals surface area contributed by atoms with Gasteiger partial charge < -0.3 is 19.4 Å². The number of nitrogens with zero attached hydrogens (tertiary/aromatic N) is 1. The molecule has 1 N–H and O–H groups in total. The van der Waals surface area contributed by atoms with E-state index in [0.717, 1.165) is 31.9 Å². The number of ether oxygens (including phenoxy) is 1. The molecule has 2 aliphatic rings. The lowest BCUT2D eigenvalue weighted by molar-refractivity contribution is -0.159. The molecule has 1 aromatic heterocycles. The number of piperidine rings is 1. The van der Waals surface area contributed by atoms with Gasteiger partial charge >= 0.3 is 6.18 Å². The maximum Gasteiger partial charge on any atom is 0.415 e. The quantitative estimate of drug-likeness (QED) is 0.741. The zero-order valence-corrected chi connectivity index (χ0v) is 16.7. The highest BCUT2D eigenvalue weighted by atomic mass is 19.4. The summed E-state index contributed by atoms with van der Waals surface area (Å²) in [6, 6.07) is 6.24. The molecule has 1 aliphatic carbocycles. The number of benzene rings is 1. The van der Waals surface area contributed by atoms with Crippen molar-refractivity contribution >= 4 is 11.8 Å². The summed E-state index contributed by atoms with van der Waals surface area (Å²) in [4.78, 5) is 26.3. The molecule has 166 valence electrons. The number of hydrogen-bond donors (Lipinski definition) is 1. The standard InChI is InChI=1S/C22H23F3N2O4/c23-22(24,25)19(18-2-1-13-30-18)26-20(28)14-5-7-16(8-6-14)31-17-9-11-27(12-10-17)21(29)15-3-4-15/h1-2,5-8,13,15,17,19H,3-4,9-12H2,(H,26,28)/t19-/m0/s1. The summed E-state index contributed by atoms with van der Waals surface area (Å²) >= 11 is 0. The predicted octanol–water partition coefficient (Wildman–Crippen LogP) is 4.09. The van der Waals surface area contributed by atoms with Gasteiger partial charge in [0.15, 0.2) is 6.04 Å². The van der Waals surface area contributed by atoms with Crippen LogP contribution in [0.5, 0.6) is 5.75 Å². The predicted molar refractivity (Wildman–Crippen MR) is 104 cm³/mol. The molecule has 6 nitrogen and oxygen atoms in total. The molecule has 9 heteroatoms. The van der Waals surface area contributed by atoms with Gasteiger partial charge in [0.2, 0.25) is 5.91 Å². The fraction of sp³-hybridized carbons (Fsp3) is 0.455. The van der Waals surface area contributed by atoms with Crippen LogP contribution in [0.3, 0.4) is 0 Å². The van der Waals surface area contributed by atoms with Crippen molar-refractivity contribution in [1.29, 1.82) is 0 Å². The Balaban J connectivity index is 1.31. The molecule has 4 rings (SSSR count). The monoisotopic (exact) mass is 436 g/mol. The minimum atomic E-state index is -4.69. The third-order valence-electron chi connectivity index (χ3n) is 5.53. The summed E-state index contributed by atoms with van der Waals surface area (Å²) < 4.78 is 50.6. The molecule has 0 bridgehead atoms. The van der Waals surface area contributed by atoms with Crippen LogP contribution in [-0.4, -0.2) is 42.1 Å². The van der Waals surface area contributed by atoms with Gasteiger partial charge in [-0.05, 0) is 49.2 Å². The topological polar surface area (TPSA) is 71.8 Å². The van der Waals surface area contributed by atoms with Crippen molar-refractivity contribution in [1.82, 2.24) is 10.2 Å². The van der Waals surface area contributed by atoms with Crippen LogP contribution in [-0.2, 0) is 4.79 Å². The van der Waals surface area contributed by atoms with E-state index in [0.29, 0.717) is 18.8 Å². The molecule has 0 radical (unpaired) electrons. The molecule has 1 aliphatic heterocycles.